The van der Waals surface area contributed by atoms with Gasteiger partial charge in [-0.05, 0) is 34.8 Å². The minimum absolute atomic E-state index is 0.171. The van der Waals surface area contributed by atoms with Crippen LogP contribution in [0.15, 0.2) is 16.7 Å². The number of nitrogen functional groups attached to an aromatic ring is 1. The summed E-state index contributed by atoms with van der Waals surface area (Å²) in [5.41, 5.74) is 6.34. The molecule has 0 radical (unpaired) electrons. The molecule has 0 saturated carbocycles. The van der Waals surface area contributed by atoms with Crippen molar-refractivity contribution in [2.75, 3.05) is 23.8 Å². The summed E-state index contributed by atoms with van der Waals surface area (Å²) < 4.78 is 0.901. The highest BCUT2D eigenvalue weighted by molar-refractivity contribution is 9.10. The number of anilines is 2. The lowest BCUT2D eigenvalue weighted by atomic mass is 10.1. The molecule has 3 N–H and O–H groups in total. The monoisotopic (exact) mass is 299 g/mol. The first-order chi connectivity index (χ1) is 8.22. The first kappa shape index (κ1) is 12.6. The standard InChI is InChI=1S/C12H18BrN3O/c13-11-6-9(14)7-15-12(11)16-5-3-1-2-4-10(16)8-17/h6-7,10,17H,1-5,8,14H2. The van der Waals surface area contributed by atoms with Gasteiger partial charge in [-0.1, -0.05) is 12.8 Å². The molecule has 94 valence electrons. The summed E-state index contributed by atoms with van der Waals surface area (Å²) in [6, 6.07) is 2.03. The Hall–Kier alpha value is -0.810. The second-order valence-electron chi connectivity index (χ2n) is 4.45. The van der Waals surface area contributed by atoms with Crippen molar-refractivity contribution in [1.82, 2.24) is 4.98 Å². The van der Waals surface area contributed by atoms with E-state index in [1.54, 1.807) is 6.20 Å². The molecular formula is C12H18BrN3O. The minimum Gasteiger partial charge on any atom is -0.397 e. The smallest absolute Gasteiger partial charge is 0.143 e. The van der Waals surface area contributed by atoms with E-state index >= 15 is 0 Å². The van der Waals surface area contributed by atoms with E-state index in [0.717, 1.165) is 29.7 Å². The Labute approximate surface area is 110 Å². The summed E-state index contributed by atoms with van der Waals surface area (Å²) >= 11 is 3.50. The summed E-state index contributed by atoms with van der Waals surface area (Å²) in [4.78, 5) is 6.58. The number of rotatable bonds is 2. The van der Waals surface area contributed by atoms with Crippen molar-refractivity contribution in [3.05, 3.63) is 16.7 Å². The fourth-order valence-electron chi connectivity index (χ4n) is 2.30. The molecule has 1 aliphatic rings. The molecule has 4 nitrogen and oxygen atoms in total. The molecule has 17 heavy (non-hydrogen) atoms. The maximum Gasteiger partial charge on any atom is 0.143 e. The van der Waals surface area contributed by atoms with E-state index in [-0.39, 0.29) is 12.6 Å². The maximum absolute atomic E-state index is 9.48. The Balaban J connectivity index is 2.28. The van der Waals surface area contributed by atoms with Crippen LogP contribution in [-0.2, 0) is 0 Å². The summed E-state index contributed by atoms with van der Waals surface area (Å²) in [6.45, 7) is 1.12. The molecule has 1 aromatic heterocycles. The van der Waals surface area contributed by atoms with Crippen LogP contribution in [0.2, 0.25) is 0 Å². The van der Waals surface area contributed by atoms with Gasteiger partial charge in [-0.2, -0.15) is 0 Å². The number of halogens is 1. The van der Waals surface area contributed by atoms with Crippen LogP contribution < -0.4 is 10.6 Å². The van der Waals surface area contributed by atoms with Crippen LogP contribution in [0.3, 0.4) is 0 Å². The van der Waals surface area contributed by atoms with E-state index in [2.05, 4.69) is 25.8 Å². The second-order valence-corrected chi connectivity index (χ2v) is 5.31. The van der Waals surface area contributed by atoms with E-state index in [4.69, 9.17) is 5.73 Å². The zero-order chi connectivity index (χ0) is 12.3. The quantitative estimate of drug-likeness (QED) is 0.878. The largest absolute Gasteiger partial charge is 0.397 e. The Bertz CT molecular complexity index is 386. The van der Waals surface area contributed by atoms with Gasteiger partial charge in [0, 0.05) is 6.54 Å². The third-order valence-electron chi connectivity index (χ3n) is 3.20. The van der Waals surface area contributed by atoms with Gasteiger partial charge in [0.1, 0.15) is 5.82 Å². The van der Waals surface area contributed by atoms with Crippen molar-refractivity contribution in [2.45, 2.75) is 31.7 Å². The second kappa shape index (κ2) is 5.69. The molecule has 1 atom stereocenters. The molecule has 0 aromatic carbocycles. The van der Waals surface area contributed by atoms with Gasteiger partial charge in [-0.25, -0.2) is 4.98 Å². The number of nitrogens with two attached hydrogens (primary N) is 1. The van der Waals surface area contributed by atoms with Crippen LogP contribution >= 0.6 is 15.9 Å². The number of pyridine rings is 1. The minimum atomic E-state index is 0.171. The third-order valence-corrected chi connectivity index (χ3v) is 3.79. The van der Waals surface area contributed by atoms with Gasteiger partial charge >= 0.3 is 0 Å². The van der Waals surface area contributed by atoms with Crippen LogP contribution in [0, 0.1) is 0 Å². The summed E-state index contributed by atoms with van der Waals surface area (Å²) in [5, 5.41) is 9.48. The van der Waals surface area contributed by atoms with E-state index in [9.17, 15) is 5.11 Å². The molecule has 1 aliphatic heterocycles. The molecule has 1 unspecified atom stereocenters. The lowest BCUT2D eigenvalue weighted by Crippen LogP contribution is -2.38. The van der Waals surface area contributed by atoms with Gasteiger partial charge in [-0.15, -0.1) is 0 Å². The molecule has 2 rings (SSSR count). The lowest BCUT2D eigenvalue weighted by Gasteiger charge is -2.30. The highest BCUT2D eigenvalue weighted by Crippen LogP contribution is 2.30. The number of hydrogen-bond acceptors (Lipinski definition) is 4. The normalized spacial score (nSPS) is 21.3. The van der Waals surface area contributed by atoms with Crippen molar-refractivity contribution in [3.8, 4) is 0 Å². The molecule has 0 aliphatic carbocycles. The number of aromatic nitrogens is 1. The zero-order valence-electron chi connectivity index (χ0n) is 9.77. The fourth-order valence-corrected chi connectivity index (χ4v) is 2.90. The molecule has 0 bridgehead atoms. The topological polar surface area (TPSA) is 62.4 Å². The highest BCUT2D eigenvalue weighted by Gasteiger charge is 2.23. The van der Waals surface area contributed by atoms with Crippen molar-refractivity contribution in [1.29, 1.82) is 0 Å². The average molecular weight is 300 g/mol. The lowest BCUT2D eigenvalue weighted by molar-refractivity contribution is 0.254. The fraction of sp³-hybridized carbons (Fsp3) is 0.583. The van der Waals surface area contributed by atoms with Crippen LogP contribution in [0.25, 0.3) is 0 Å². The van der Waals surface area contributed by atoms with E-state index in [0.29, 0.717) is 5.69 Å². The SMILES string of the molecule is Nc1cnc(N2CCCCCC2CO)c(Br)c1. The van der Waals surface area contributed by atoms with Gasteiger partial charge in [-0.3, -0.25) is 0 Å². The van der Waals surface area contributed by atoms with Gasteiger partial charge in [0.15, 0.2) is 0 Å². The summed E-state index contributed by atoms with van der Waals surface area (Å²) in [6.07, 6.45) is 6.23. The average Bonchev–Trinajstić information content (AvgIpc) is 2.54. The number of aliphatic hydroxyl groups excluding tert-OH is 1. The predicted molar refractivity (Wildman–Crippen MR) is 73.0 cm³/mol. The van der Waals surface area contributed by atoms with Gasteiger partial charge in [0.25, 0.3) is 0 Å². The molecule has 0 amide bonds. The molecule has 1 saturated heterocycles. The molecular weight excluding hydrogens is 282 g/mol. The van der Waals surface area contributed by atoms with Gasteiger partial charge in [0.2, 0.25) is 0 Å². The number of nitrogens with zero attached hydrogens (tertiary/aromatic N) is 2. The third kappa shape index (κ3) is 2.90. The first-order valence-electron chi connectivity index (χ1n) is 6.01. The first-order valence-corrected chi connectivity index (χ1v) is 6.80. The Morgan fingerprint density at radius 3 is 3.00 bits per heavy atom. The molecule has 5 heteroatoms. The van der Waals surface area contributed by atoms with Crippen LogP contribution in [0.5, 0.6) is 0 Å². The summed E-state index contributed by atoms with van der Waals surface area (Å²) in [7, 11) is 0. The number of hydrogen-bond donors (Lipinski definition) is 2. The van der Waals surface area contributed by atoms with E-state index in [1.807, 2.05) is 6.07 Å². The van der Waals surface area contributed by atoms with Crippen molar-refractivity contribution < 1.29 is 5.11 Å². The molecule has 1 aromatic rings. The Morgan fingerprint density at radius 2 is 2.29 bits per heavy atom. The van der Waals surface area contributed by atoms with E-state index < -0.39 is 0 Å². The maximum atomic E-state index is 9.48. The van der Waals surface area contributed by atoms with Crippen LogP contribution in [0.1, 0.15) is 25.7 Å². The predicted octanol–water partition coefficient (Wildman–Crippen LogP) is 2.17. The van der Waals surface area contributed by atoms with Crippen molar-refractivity contribution >= 4 is 27.4 Å². The van der Waals surface area contributed by atoms with Gasteiger partial charge < -0.3 is 15.7 Å². The Morgan fingerprint density at radius 1 is 1.47 bits per heavy atom. The van der Waals surface area contributed by atoms with Crippen LogP contribution in [-0.4, -0.2) is 29.3 Å². The molecule has 2 heterocycles. The zero-order valence-corrected chi connectivity index (χ0v) is 11.4. The van der Waals surface area contributed by atoms with Crippen molar-refractivity contribution in [3.63, 3.8) is 0 Å². The van der Waals surface area contributed by atoms with Crippen molar-refractivity contribution in [2.24, 2.45) is 0 Å². The highest BCUT2D eigenvalue weighted by atomic mass is 79.9. The van der Waals surface area contributed by atoms with E-state index in [1.165, 1.54) is 12.8 Å². The van der Waals surface area contributed by atoms with Gasteiger partial charge in [0.05, 0.1) is 29.0 Å². The molecule has 1 fully saturated rings. The summed E-state index contributed by atoms with van der Waals surface area (Å²) in [5.74, 6) is 0.889. The van der Waals surface area contributed by atoms with Crippen LogP contribution in [0.4, 0.5) is 11.5 Å². The number of aliphatic hydroxyl groups is 1. The Kier molecular flexibility index (Phi) is 4.23. The molecule has 0 spiro atoms.